The number of imidazole rings is 1. The van der Waals surface area contributed by atoms with Crippen molar-refractivity contribution < 1.29 is 33.4 Å². The van der Waals surface area contributed by atoms with Gasteiger partial charge in [-0.2, -0.15) is 0 Å². The molecule has 332 valence electrons. The average molecular weight is 853 g/mol. The first-order chi connectivity index (χ1) is 29.0. The maximum Gasteiger partial charge on any atom is 0.242 e. The van der Waals surface area contributed by atoms with Crippen LogP contribution in [0.2, 0.25) is 0 Å². The number of rotatable bonds is 30. The van der Waals surface area contributed by atoms with Crippen molar-refractivity contribution in [2.45, 2.75) is 129 Å². The van der Waals surface area contributed by atoms with Gasteiger partial charge < -0.3 is 35.7 Å². The third-order valence-electron chi connectivity index (χ3n) is 10.7. The highest BCUT2D eigenvalue weighted by atomic mass is 32.2. The topological polar surface area (TPSA) is 200 Å². The number of nitrogen functional groups attached to an aromatic ring is 1. The molecule has 3 aromatic rings. The number of hydrogen-bond acceptors (Lipinski definition) is 11. The molecule has 0 bridgehead atoms. The Bertz CT molecular complexity index is 1860. The van der Waals surface area contributed by atoms with E-state index in [4.69, 9.17) is 20.2 Å². The lowest BCUT2D eigenvalue weighted by Crippen LogP contribution is -2.37. The van der Waals surface area contributed by atoms with E-state index in [1.807, 2.05) is 25.1 Å². The third-order valence-corrected chi connectivity index (χ3v) is 11.9. The number of aromatic nitrogens is 3. The van der Waals surface area contributed by atoms with Gasteiger partial charge in [-0.15, -0.1) is 11.8 Å². The normalized spacial score (nSPS) is 15.2. The van der Waals surface area contributed by atoms with E-state index in [-0.39, 0.29) is 86.9 Å². The van der Waals surface area contributed by atoms with Gasteiger partial charge in [0.25, 0.3) is 0 Å². The molecule has 5 amide bonds. The zero-order valence-corrected chi connectivity index (χ0v) is 37.0. The Morgan fingerprint density at radius 1 is 0.850 bits per heavy atom. The van der Waals surface area contributed by atoms with Crippen LogP contribution in [0.25, 0.3) is 21.9 Å². The zero-order valence-electron chi connectivity index (χ0n) is 36.2. The predicted octanol–water partition coefficient (Wildman–Crippen LogP) is 5.31. The van der Waals surface area contributed by atoms with E-state index in [0.29, 0.717) is 31.5 Å². The molecule has 1 aliphatic heterocycles. The number of aryl methyl sites for hydroxylation is 2. The van der Waals surface area contributed by atoms with Crippen molar-refractivity contribution in [2.75, 3.05) is 57.5 Å². The van der Waals surface area contributed by atoms with Gasteiger partial charge in [0.2, 0.25) is 29.5 Å². The molecular weight excluding hydrogens is 785 g/mol. The van der Waals surface area contributed by atoms with Crippen LogP contribution in [0.15, 0.2) is 24.3 Å². The number of amides is 5. The molecule has 3 unspecified atom stereocenters. The molecule has 0 radical (unpaired) electrons. The van der Waals surface area contributed by atoms with Gasteiger partial charge in [0.15, 0.2) is 5.82 Å². The molecule has 5 N–H and O–H groups in total. The van der Waals surface area contributed by atoms with Gasteiger partial charge in [-0.25, -0.2) is 9.97 Å². The molecule has 3 heterocycles. The maximum atomic E-state index is 12.8. The number of carbonyl (C=O) groups excluding carboxylic acids is 5. The van der Waals surface area contributed by atoms with Crippen LogP contribution in [0.3, 0.4) is 0 Å². The van der Waals surface area contributed by atoms with Crippen LogP contribution in [0.1, 0.15) is 111 Å². The number of anilines is 1. The first-order valence-corrected chi connectivity index (χ1v) is 23.0. The minimum Gasteiger partial charge on any atom is -0.382 e. The minimum absolute atomic E-state index is 0.00290. The number of ether oxygens (including phenoxy) is 2. The summed E-state index contributed by atoms with van der Waals surface area (Å²) in [6.07, 6.45) is 10.4. The van der Waals surface area contributed by atoms with E-state index in [1.165, 1.54) is 24.6 Å². The molecular formula is C44H68N8O7S. The molecule has 1 aromatic carbocycles. The van der Waals surface area contributed by atoms with E-state index in [1.54, 1.807) is 0 Å². The van der Waals surface area contributed by atoms with E-state index in [2.05, 4.69) is 52.3 Å². The Labute approximate surface area is 359 Å². The summed E-state index contributed by atoms with van der Waals surface area (Å²) in [4.78, 5) is 73.1. The van der Waals surface area contributed by atoms with Crippen LogP contribution in [-0.4, -0.2) is 112 Å². The molecule has 2 aromatic heterocycles. The molecule has 60 heavy (non-hydrogen) atoms. The fraction of sp³-hybridized carbons (Fsp3) is 0.659. The van der Waals surface area contributed by atoms with Crippen molar-refractivity contribution in [2.24, 2.45) is 5.92 Å². The molecule has 0 spiro atoms. The highest BCUT2D eigenvalue weighted by molar-refractivity contribution is 8.01. The largest absolute Gasteiger partial charge is 0.382 e. The second-order valence-corrected chi connectivity index (χ2v) is 17.0. The summed E-state index contributed by atoms with van der Waals surface area (Å²) < 4.78 is 13.3. The van der Waals surface area contributed by atoms with Crippen molar-refractivity contribution >= 4 is 69.1 Å². The molecule has 1 saturated heterocycles. The lowest BCUT2D eigenvalue weighted by Gasteiger charge is -2.16. The summed E-state index contributed by atoms with van der Waals surface area (Å²) in [5.74, 6) is 1.08. The lowest BCUT2D eigenvalue weighted by atomic mass is 9.98. The summed E-state index contributed by atoms with van der Waals surface area (Å²) in [6.45, 7) is 11.4. The molecule has 16 heteroatoms. The Hall–Kier alpha value is -4.28. The number of hydrogen-bond donors (Lipinski definition) is 4. The fourth-order valence-electron chi connectivity index (χ4n) is 7.43. The van der Waals surface area contributed by atoms with E-state index in [0.717, 1.165) is 90.6 Å². The van der Waals surface area contributed by atoms with Crippen molar-refractivity contribution in [3.8, 4) is 0 Å². The second-order valence-electron chi connectivity index (χ2n) is 15.8. The number of para-hydroxylation sites is 1. The first-order valence-electron chi connectivity index (χ1n) is 22.0. The summed E-state index contributed by atoms with van der Waals surface area (Å²) in [6, 6.07) is 8.05. The summed E-state index contributed by atoms with van der Waals surface area (Å²) in [5, 5.41) is 9.13. The van der Waals surface area contributed by atoms with E-state index in [9.17, 15) is 24.0 Å². The number of fused-ring (bicyclic) bond motifs is 3. The number of nitrogens with zero attached hydrogens (tertiary/aromatic N) is 4. The van der Waals surface area contributed by atoms with Gasteiger partial charge in [-0.05, 0) is 44.6 Å². The lowest BCUT2D eigenvalue weighted by molar-refractivity contribution is -0.138. The fourth-order valence-corrected chi connectivity index (χ4v) is 8.39. The van der Waals surface area contributed by atoms with Crippen LogP contribution >= 0.6 is 11.8 Å². The van der Waals surface area contributed by atoms with Crippen LogP contribution in [0, 0.1) is 5.92 Å². The highest BCUT2D eigenvalue weighted by Crippen LogP contribution is 2.30. The molecule has 1 fully saturated rings. The van der Waals surface area contributed by atoms with Gasteiger partial charge in [-0.3, -0.25) is 28.9 Å². The number of carbonyl (C=O) groups is 5. The molecule has 0 aliphatic carbocycles. The number of benzene rings is 1. The van der Waals surface area contributed by atoms with Crippen LogP contribution in [0.5, 0.6) is 0 Å². The van der Waals surface area contributed by atoms with Gasteiger partial charge in [0, 0.05) is 63.3 Å². The minimum atomic E-state index is -0.614. The maximum absolute atomic E-state index is 12.8. The summed E-state index contributed by atoms with van der Waals surface area (Å²) in [7, 11) is 0. The predicted molar refractivity (Wildman–Crippen MR) is 237 cm³/mol. The number of imide groups is 1. The smallest absolute Gasteiger partial charge is 0.242 e. The molecule has 15 nitrogen and oxygen atoms in total. The monoisotopic (exact) mass is 852 g/mol. The van der Waals surface area contributed by atoms with Crippen molar-refractivity contribution in [1.82, 2.24) is 35.4 Å². The van der Waals surface area contributed by atoms with Crippen molar-refractivity contribution in [1.29, 1.82) is 0 Å². The van der Waals surface area contributed by atoms with Crippen LogP contribution < -0.4 is 21.7 Å². The highest BCUT2D eigenvalue weighted by Gasteiger charge is 2.39. The van der Waals surface area contributed by atoms with E-state index < -0.39 is 5.25 Å². The van der Waals surface area contributed by atoms with Gasteiger partial charge in [-0.1, -0.05) is 71.1 Å². The Morgan fingerprint density at radius 3 is 2.38 bits per heavy atom. The number of likely N-dealkylation sites (tertiary alicyclic amines) is 1. The van der Waals surface area contributed by atoms with Crippen molar-refractivity contribution in [3.63, 3.8) is 0 Å². The molecule has 1 aliphatic rings. The molecule has 3 atom stereocenters. The Morgan fingerprint density at radius 2 is 1.60 bits per heavy atom. The summed E-state index contributed by atoms with van der Waals surface area (Å²) >= 11 is 1.18. The van der Waals surface area contributed by atoms with Crippen molar-refractivity contribution in [3.05, 3.63) is 30.1 Å². The average Bonchev–Trinajstić information content (AvgIpc) is 3.72. The zero-order chi connectivity index (χ0) is 43.3. The Kier molecular flexibility index (Phi) is 21.1. The quantitative estimate of drug-likeness (QED) is 0.0501. The number of pyridine rings is 1. The van der Waals surface area contributed by atoms with Crippen LogP contribution in [0.4, 0.5) is 5.82 Å². The molecule has 0 saturated carbocycles. The first kappa shape index (κ1) is 48.4. The molecule has 4 rings (SSSR count). The van der Waals surface area contributed by atoms with Gasteiger partial charge in [0.1, 0.15) is 11.3 Å². The summed E-state index contributed by atoms with van der Waals surface area (Å²) in [5.41, 5.74) is 8.95. The number of nitrogens with two attached hydrogens (primary N) is 1. The second kappa shape index (κ2) is 26.1. The number of thioether (sulfide) groups is 1. The Balaban J connectivity index is 0.994. The third kappa shape index (κ3) is 15.6. The SMILES string of the molecule is CCCCc1nc2c(N)nc3ccccc3c2n1CCCCNC(=O)CCOCCOCCNC(=O)CCN1C(=O)CC(SCC(=O)NC(C)CCCC(C)CCC)C1=O. The van der Waals surface area contributed by atoms with Gasteiger partial charge in [0.05, 0.1) is 48.5 Å². The standard InChI is InChI=1S/C44H68N8O7S/c1-5-7-18-36-50-41-42(33-16-8-9-17-34(33)49-43(41)45)51(36)23-11-10-21-46-38(54)20-25-58-27-28-59-26-22-47-37(53)19-24-52-40(56)29-35(44(52)57)60-30-39(55)48-32(4)15-12-14-31(3)13-6-2/h8-9,16-17,31-32,35H,5-7,10-15,18-30H2,1-4H3,(H2,45,49)(H,46,54)(H,47,53)(H,48,55). The van der Waals surface area contributed by atoms with E-state index >= 15 is 0 Å². The van der Waals surface area contributed by atoms with Crippen LogP contribution in [-0.2, 0) is 46.4 Å². The number of unbranched alkanes of at least 4 members (excludes halogenated alkanes) is 2. The number of nitrogens with one attached hydrogen (secondary N) is 3. The van der Waals surface area contributed by atoms with Gasteiger partial charge >= 0.3 is 0 Å².